The van der Waals surface area contributed by atoms with Crippen LogP contribution >= 0.6 is 0 Å². The zero-order valence-corrected chi connectivity index (χ0v) is 33.9. The molecule has 0 aliphatic carbocycles. The summed E-state index contributed by atoms with van der Waals surface area (Å²) in [6, 6.07) is 68.4. The molecular formula is C56H30N8. The van der Waals surface area contributed by atoms with E-state index in [0.29, 0.717) is 56.3 Å². The first-order valence-corrected chi connectivity index (χ1v) is 20.5. The summed E-state index contributed by atoms with van der Waals surface area (Å²) < 4.78 is 4.39. The molecule has 0 saturated carbocycles. The number of nitrogens with zero attached hydrogens (tertiary/aromatic N) is 8. The number of hydrogen-bond acceptors (Lipinski definition) is 6. The molecular weight excluding hydrogens is 785 g/mol. The number of benzene rings is 8. The lowest BCUT2D eigenvalue weighted by atomic mass is 9.95. The number of hydrogen-bond donors (Lipinski definition) is 0. The maximum absolute atomic E-state index is 10.8. The lowest BCUT2D eigenvalue weighted by molar-refractivity contribution is 1.15. The van der Waals surface area contributed by atoms with Crippen molar-refractivity contribution in [3.63, 3.8) is 0 Å². The highest BCUT2D eigenvalue weighted by molar-refractivity contribution is 6.12. The summed E-state index contributed by atoms with van der Waals surface area (Å²) in [6.45, 7) is 0. The van der Waals surface area contributed by atoms with Crippen LogP contribution in [0.3, 0.4) is 0 Å². The van der Waals surface area contributed by atoms with Crippen molar-refractivity contribution in [2.75, 3.05) is 0 Å². The van der Waals surface area contributed by atoms with E-state index in [1.165, 1.54) is 10.8 Å². The van der Waals surface area contributed by atoms with Gasteiger partial charge in [0.05, 0.1) is 79.6 Å². The molecule has 0 bridgehead atoms. The molecule has 294 valence electrons. The second-order valence-electron chi connectivity index (χ2n) is 15.5. The topological polar surface area (TPSA) is 131 Å². The zero-order valence-electron chi connectivity index (χ0n) is 33.9. The molecule has 0 aliphatic heterocycles. The van der Waals surface area contributed by atoms with Crippen LogP contribution in [-0.2, 0) is 0 Å². The van der Waals surface area contributed by atoms with Crippen molar-refractivity contribution in [2.45, 2.75) is 0 Å². The number of aromatic nitrogens is 4. The lowest BCUT2D eigenvalue weighted by Gasteiger charge is -2.14. The molecule has 0 fully saturated rings. The van der Waals surface area contributed by atoms with E-state index in [2.05, 4.69) is 112 Å². The van der Waals surface area contributed by atoms with Crippen molar-refractivity contribution in [2.24, 2.45) is 0 Å². The van der Waals surface area contributed by atoms with E-state index < -0.39 is 0 Å². The van der Waals surface area contributed by atoms with Gasteiger partial charge in [0.2, 0.25) is 0 Å². The molecule has 0 saturated heterocycles. The summed E-state index contributed by atoms with van der Waals surface area (Å²) in [5.74, 6) is 0.435. The monoisotopic (exact) mass is 814 g/mol. The van der Waals surface area contributed by atoms with Gasteiger partial charge >= 0.3 is 0 Å². The minimum atomic E-state index is 0.427. The fraction of sp³-hybridized carbons (Fsp3) is 0. The molecule has 11 aromatic rings. The van der Waals surface area contributed by atoms with Crippen LogP contribution in [-0.4, -0.2) is 19.1 Å². The highest BCUT2D eigenvalue weighted by Crippen LogP contribution is 2.39. The van der Waals surface area contributed by atoms with Crippen LogP contribution in [0.15, 0.2) is 182 Å². The van der Waals surface area contributed by atoms with Gasteiger partial charge in [-0.1, -0.05) is 103 Å². The van der Waals surface area contributed by atoms with Gasteiger partial charge in [-0.3, -0.25) is 0 Å². The van der Waals surface area contributed by atoms with Gasteiger partial charge in [0.25, 0.3) is 0 Å². The Bertz CT molecular complexity index is 3770. The van der Waals surface area contributed by atoms with E-state index in [4.69, 9.17) is 9.97 Å². The Hall–Kier alpha value is -9.60. The molecule has 0 unspecified atom stereocenters. The van der Waals surface area contributed by atoms with Gasteiger partial charge in [0.15, 0.2) is 5.82 Å². The van der Waals surface area contributed by atoms with Gasteiger partial charge in [0, 0.05) is 49.5 Å². The van der Waals surface area contributed by atoms with E-state index in [1.807, 2.05) is 66.7 Å². The molecule has 0 amide bonds. The smallest absolute Gasteiger partial charge is 0.160 e. The Morgan fingerprint density at radius 2 is 0.891 bits per heavy atom. The summed E-state index contributed by atoms with van der Waals surface area (Å²) in [5.41, 5.74) is 12.5. The van der Waals surface area contributed by atoms with Gasteiger partial charge in [-0.05, 0) is 84.4 Å². The standard InChI is InChI=1S/C56H30N8/c57-31-35-9-7-11-39(25-35)50-30-49(61-56(62-50)40-12-8-10-36(26-40)32-58)38-21-19-37(20-22-38)47-27-42(34-60)55(28-41(47)33-59)64-53-18-6-3-15-46(53)48-29-43(23-24-54(48)64)63-51-16-4-1-13-44(51)45-14-2-5-17-52(45)63/h1-30H. The molecule has 8 heteroatoms. The van der Waals surface area contributed by atoms with Gasteiger partial charge in [-0.2, -0.15) is 21.0 Å². The third-order valence-corrected chi connectivity index (χ3v) is 11.9. The normalized spacial score (nSPS) is 11.1. The molecule has 0 atom stereocenters. The van der Waals surface area contributed by atoms with Crippen molar-refractivity contribution < 1.29 is 0 Å². The van der Waals surface area contributed by atoms with Crippen molar-refractivity contribution >= 4 is 43.6 Å². The predicted octanol–water partition coefficient (Wildman–Crippen LogP) is 12.8. The molecule has 8 aromatic carbocycles. The highest BCUT2D eigenvalue weighted by atomic mass is 15.0. The van der Waals surface area contributed by atoms with Gasteiger partial charge in [0.1, 0.15) is 6.07 Å². The molecule has 0 aliphatic rings. The Morgan fingerprint density at radius 3 is 1.52 bits per heavy atom. The molecule has 11 rings (SSSR count). The third kappa shape index (κ3) is 6.12. The number of fused-ring (bicyclic) bond motifs is 6. The molecule has 0 spiro atoms. The Morgan fingerprint density at radius 1 is 0.359 bits per heavy atom. The van der Waals surface area contributed by atoms with Crippen molar-refractivity contribution in [3.05, 3.63) is 204 Å². The van der Waals surface area contributed by atoms with Gasteiger partial charge < -0.3 is 9.13 Å². The van der Waals surface area contributed by atoms with E-state index in [0.717, 1.165) is 55.2 Å². The average molecular weight is 815 g/mol. The Balaban J connectivity index is 1.01. The first kappa shape index (κ1) is 37.4. The van der Waals surface area contributed by atoms with Crippen LogP contribution in [0.4, 0.5) is 0 Å². The van der Waals surface area contributed by atoms with E-state index in [-0.39, 0.29) is 0 Å². The minimum absolute atomic E-state index is 0.427. The summed E-state index contributed by atoms with van der Waals surface area (Å²) in [5, 5.41) is 45.1. The SMILES string of the molecule is N#Cc1cccc(-c2cc(-c3ccc(-c4cc(C#N)c(-n5c6ccccc6c6cc(-n7c8ccccc8c8ccccc87)ccc65)cc4C#N)cc3)nc(-c3cccc(C#N)c3)n2)c1. The highest BCUT2D eigenvalue weighted by Gasteiger charge is 2.20. The van der Waals surface area contributed by atoms with E-state index >= 15 is 0 Å². The van der Waals surface area contributed by atoms with Gasteiger partial charge in [-0.15, -0.1) is 0 Å². The third-order valence-electron chi connectivity index (χ3n) is 11.9. The summed E-state index contributed by atoms with van der Waals surface area (Å²) in [4.78, 5) is 9.79. The number of para-hydroxylation sites is 3. The fourth-order valence-corrected chi connectivity index (χ4v) is 8.92. The molecule has 3 aromatic heterocycles. The van der Waals surface area contributed by atoms with Crippen LogP contribution in [0.1, 0.15) is 22.3 Å². The number of nitriles is 4. The maximum Gasteiger partial charge on any atom is 0.160 e. The van der Waals surface area contributed by atoms with E-state index in [1.54, 1.807) is 36.4 Å². The second-order valence-corrected chi connectivity index (χ2v) is 15.5. The van der Waals surface area contributed by atoms with Gasteiger partial charge in [-0.25, -0.2) is 9.97 Å². The largest absolute Gasteiger partial charge is 0.309 e. The zero-order chi connectivity index (χ0) is 43.3. The first-order chi connectivity index (χ1) is 31.5. The van der Waals surface area contributed by atoms with Crippen LogP contribution in [0.25, 0.3) is 100 Å². The summed E-state index contributed by atoms with van der Waals surface area (Å²) in [6.07, 6.45) is 0. The van der Waals surface area contributed by atoms with Crippen LogP contribution in [0.2, 0.25) is 0 Å². The first-order valence-electron chi connectivity index (χ1n) is 20.5. The van der Waals surface area contributed by atoms with Crippen molar-refractivity contribution in [1.29, 1.82) is 21.0 Å². The Labute approximate surface area is 367 Å². The summed E-state index contributed by atoms with van der Waals surface area (Å²) >= 11 is 0. The summed E-state index contributed by atoms with van der Waals surface area (Å²) in [7, 11) is 0. The van der Waals surface area contributed by atoms with Crippen LogP contribution < -0.4 is 0 Å². The molecule has 0 radical (unpaired) electrons. The predicted molar refractivity (Wildman–Crippen MR) is 251 cm³/mol. The number of rotatable bonds is 6. The Kier molecular flexibility index (Phi) is 8.85. The lowest BCUT2D eigenvalue weighted by Crippen LogP contribution is -2.01. The average Bonchev–Trinajstić information content (AvgIpc) is 3.88. The minimum Gasteiger partial charge on any atom is -0.309 e. The van der Waals surface area contributed by atoms with Crippen molar-refractivity contribution in [1.82, 2.24) is 19.1 Å². The molecule has 0 N–H and O–H groups in total. The van der Waals surface area contributed by atoms with Crippen LogP contribution in [0, 0.1) is 45.3 Å². The van der Waals surface area contributed by atoms with Crippen molar-refractivity contribution in [3.8, 4) is 80.7 Å². The fourth-order valence-electron chi connectivity index (χ4n) is 8.92. The molecule has 64 heavy (non-hydrogen) atoms. The molecule has 3 heterocycles. The van der Waals surface area contributed by atoms with E-state index in [9.17, 15) is 21.0 Å². The maximum atomic E-state index is 10.8. The quantitative estimate of drug-likeness (QED) is 0.164. The van der Waals surface area contributed by atoms with Crippen LogP contribution in [0.5, 0.6) is 0 Å². The second kappa shape index (κ2) is 15.1. The molecule has 8 nitrogen and oxygen atoms in total.